The standard InChI is InChI=1S/C18H25F2NO3S/c1-11-9-17(6-7-21(11)15(22)24-16(3,4)5)14-13(8-12(2)25-14)18(19,20)10-23-17/h8,11H,6-7,9-10H2,1-5H3/t11-,17?/m0/s1. The van der Waals surface area contributed by atoms with Crippen molar-refractivity contribution in [3.8, 4) is 0 Å². The smallest absolute Gasteiger partial charge is 0.410 e. The Kier molecular flexibility index (Phi) is 4.39. The molecule has 3 heterocycles. The molecule has 0 N–H and O–H groups in total. The molecule has 25 heavy (non-hydrogen) atoms. The second-order valence-corrected chi connectivity index (χ2v) is 9.32. The van der Waals surface area contributed by atoms with Gasteiger partial charge in [-0.05, 0) is 47.1 Å². The Labute approximate surface area is 151 Å². The average molecular weight is 373 g/mol. The van der Waals surface area contributed by atoms with Crippen LogP contribution in [0.25, 0.3) is 0 Å². The molecule has 0 bridgehead atoms. The first-order valence-corrected chi connectivity index (χ1v) is 9.38. The first-order valence-electron chi connectivity index (χ1n) is 8.56. The number of nitrogens with zero attached hydrogens (tertiary/aromatic N) is 1. The number of carbonyl (C=O) groups is 1. The number of fused-ring (bicyclic) bond motifs is 2. The molecule has 2 aliphatic rings. The van der Waals surface area contributed by atoms with Crippen molar-refractivity contribution in [2.24, 2.45) is 0 Å². The van der Waals surface area contributed by atoms with Crippen molar-refractivity contribution >= 4 is 17.4 Å². The maximum atomic E-state index is 14.2. The third-order valence-electron chi connectivity index (χ3n) is 4.73. The zero-order valence-electron chi connectivity index (χ0n) is 15.3. The molecule has 1 fully saturated rings. The van der Waals surface area contributed by atoms with Crippen LogP contribution in [0.3, 0.4) is 0 Å². The number of hydrogen-bond acceptors (Lipinski definition) is 4. The van der Waals surface area contributed by atoms with Crippen LogP contribution in [0, 0.1) is 6.92 Å². The molecule has 1 aromatic heterocycles. The summed E-state index contributed by atoms with van der Waals surface area (Å²) in [5.74, 6) is -2.95. The van der Waals surface area contributed by atoms with Gasteiger partial charge in [0.2, 0.25) is 0 Å². The van der Waals surface area contributed by atoms with Crippen LogP contribution < -0.4 is 0 Å². The fourth-order valence-corrected chi connectivity index (χ4v) is 4.88. The van der Waals surface area contributed by atoms with Crippen LogP contribution >= 0.6 is 11.3 Å². The highest BCUT2D eigenvalue weighted by atomic mass is 32.1. The van der Waals surface area contributed by atoms with Crippen LogP contribution in [-0.4, -0.2) is 35.8 Å². The predicted molar refractivity (Wildman–Crippen MR) is 92.2 cm³/mol. The summed E-state index contributed by atoms with van der Waals surface area (Å²) in [4.78, 5) is 15.5. The lowest BCUT2D eigenvalue weighted by Crippen LogP contribution is -2.54. The Morgan fingerprint density at radius 3 is 2.72 bits per heavy atom. The molecule has 0 aliphatic carbocycles. The number of ether oxygens (including phenoxy) is 2. The van der Waals surface area contributed by atoms with Crippen molar-refractivity contribution < 1.29 is 23.0 Å². The van der Waals surface area contributed by atoms with Crippen LogP contribution in [0.2, 0.25) is 0 Å². The molecule has 0 saturated carbocycles. The van der Waals surface area contributed by atoms with Gasteiger partial charge in [0.1, 0.15) is 17.8 Å². The van der Waals surface area contributed by atoms with Crippen LogP contribution in [-0.2, 0) is 21.0 Å². The number of rotatable bonds is 0. The lowest BCUT2D eigenvalue weighted by Gasteiger charge is -2.47. The van der Waals surface area contributed by atoms with Crippen LogP contribution in [0.15, 0.2) is 6.07 Å². The quantitative estimate of drug-likeness (QED) is 0.656. The average Bonchev–Trinajstić information content (AvgIpc) is 2.86. The van der Waals surface area contributed by atoms with Gasteiger partial charge in [0.15, 0.2) is 0 Å². The first-order chi connectivity index (χ1) is 11.4. The van der Waals surface area contributed by atoms with Gasteiger partial charge >= 0.3 is 6.09 Å². The number of piperidine rings is 1. The zero-order chi connectivity index (χ0) is 18.6. The second kappa shape index (κ2) is 5.91. The van der Waals surface area contributed by atoms with E-state index in [0.29, 0.717) is 24.3 Å². The Morgan fingerprint density at radius 2 is 2.12 bits per heavy atom. The highest BCUT2D eigenvalue weighted by Gasteiger charge is 2.53. The number of aryl methyl sites for hydroxylation is 1. The summed E-state index contributed by atoms with van der Waals surface area (Å²) in [6.45, 7) is 9.07. The van der Waals surface area contributed by atoms with Crippen molar-refractivity contribution in [3.63, 3.8) is 0 Å². The van der Waals surface area contributed by atoms with E-state index in [0.717, 1.165) is 4.88 Å². The SMILES string of the molecule is Cc1cc2c(s1)C1(CCN(C(=O)OC(C)(C)C)[C@@H](C)C1)OCC2(F)F. The maximum absolute atomic E-state index is 14.2. The number of halogens is 2. The summed E-state index contributed by atoms with van der Waals surface area (Å²) < 4.78 is 39.7. The minimum atomic E-state index is -2.95. The lowest BCUT2D eigenvalue weighted by molar-refractivity contribution is -0.186. The Hall–Kier alpha value is -1.21. The number of thiophene rings is 1. The van der Waals surface area contributed by atoms with Crippen LogP contribution in [0.5, 0.6) is 0 Å². The summed E-state index contributed by atoms with van der Waals surface area (Å²) in [6.07, 6.45) is 0.633. The summed E-state index contributed by atoms with van der Waals surface area (Å²) in [5.41, 5.74) is -1.19. The van der Waals surface area contributed by atoms with E-state index in [-0.39, 0.29) is 17.7 Å². The molecule has 1 saturated heterocycles. The fourth-order valence-electron chi connectivity index (χ4n) is 3.64. The van der Waals surface area contributed by atoms with Crippen molar-refractivity contribution in [2.75, 3.05) is 13.2 Å². The molecule has 4 nitrogen and oxygen atoms in total. The molecule has 2 aliphatic heterocycles. The number of carbonyl (C=O) groups excluding carboxylic acids is 1. The van der Waals surface area contributed by atoms with Crippen molar-refractivity contribution in [2.45, 2.75) is 70.6 Å². The van der Waals surface area contributed by atoms with Gasteiger partial charge < -0.3 is 14.4 Å². The molecule has 0 aromatic carbocycles. The van der Waals surface area contributed by atoms with Gasteiger partial charge in [-0.3, -0.25) is 0 Å². The largest absolute Gasteiger partial charge is 0.444 e. The Balaban J connectivity index is 1.84. The molecule has 2 atom stereocenters. The van der Waals surface area contributed by atoms with Crippen LogP contribution in [0.4, 0.5) is 13.6 Å². The lowest BCUT2D eigenvalue weighted by atomic mass is 9.81. The van der Waals surface area contributed by atoms with E-state index in [1.165, 1.54) is 11.3 Å². The van der Waals surface area contributed by atoms with Gasteiger partial charge in [-0.25, -0.2) is 4.79 Å². The zero-order valence-corrected chi connectivity index (χ0v) is 16.1. The van der Waals surface area contributed by atoms with Gasteiger partial charge in [-0.2, -0.15) is 8.78 Å². The van der Waals surface area contributed by atoms with Crippen molar-refractivity contribution in [3.05, 3.63) is 21.4 Å². The van der Waals surface area contributed by atoms with E-state index in [9.17, 15) is 13.6 Å². The molecule has 3 rings (SSSR count). The minimum Gasteiger partial charge on any atom is -0.444 e. The highest BCUT2D eigenvalue weighted by molar-refractivity contribution is 7.12. The molecular weight excluding hydrogens is 348 g/mol. The highest BCUT2D eigenvalue weighted by Crippen LogP contribution is 2.52. The van der Waals surface area contributed by atoms with Gasteiger partial charge in [-0.1, -0.05) is 0 Å². The van der Waals surface area contributed by atoms with Crippen LogP contribution in [0.1, 0.15) is 55.9 Å². The number of likely N-dealkylation sites (tertiary alicyclic amines) is 1. The predicted octanol–water partition coefficient (Wildman–Crippen LogP) is 4.79. The molecule has 1 unspecified atom stereocenters. The maximum Gasteiger partial charge on any atom is 0.410 e. The molecular formula is C18H25F2NO3S. The van der Waals surface area contributed by atoms with E-state index in [2.05, 4.69) is 0 Å². The Morgan fingerprint density at radius 1 is 1.44 bits per heavy atom. The monoisotopic (exact) mass is 373 g/mol. The van der Waals surface area contributed by atoms with Gasteiger partial charge in [0, 0.05) is 34.3 Å². The summed E-state index contributed by atoms with van der Waals surface area (Å²) in [7, 11) is 0. The van der Waals surface area contributed by atoms with E-state index in [4.69, 9.17) is 9.47 Å². The summed E-state index contributed by atoms with van der Waals surface area (Å²) in [6, 6.07) is 1.43. The third kappa shape index (κ3) is 3.40. The fraction of sp³-hybridized carbons (Fsp3) is 0.722. The number of alkyl halides is 2. The minimum absolute atomic E-state index is 0.0965. The summed E-state index contributed by atoms with van der Waals surface area (Å²) in [5, 5.41) is 0. The Bertz CT molecular complexity index is 682. The number of amides is 1. The number of hydrogen-bond donors (Lipinski definition) is 0. The normalized spacial score (nSPS) is 28.8. The molecule has 1 aromatic rings. The second-order valence-electron chi connectivity index (χ2n) is 8.06. The molecule has 7 heteroatoms. The van der Waals surface area contributed by atoms with Crippen molar-refractivity contribution in [1.29, 1.82) is 0 Å². The first kappa shape index (κ1) is 18.6. The van der Waals surface area contributed by atoms with E-state index < -0.39 is 23.7 Å². The summed E-state index contributed by atoms with van der Waals surface area (Å²) >= 11 is 1.38. The van der Waals surface area contributed by atoms with Gasteiger partial charge in [0.05, 0.1) is 0 Å². The third-order valence-corrected chi connectivity index (χ3v) is 5.97. The van der Waals surface area contributed by atoms with Gasteiger partial charge in [-0.15, -0.1) is 11.3 Å². The molecule has 1 amide bonds. The molecule has 1 spiro atoms. The van der Waals surface area contributed by atoms with E-state index in [1.54, 1.807) is 11.0 Å². The molecule has 140 valence electrons. The van der Waals surface area contributed by atoms with Crippen molar-refractivity contribution in [1.82, 2.24) is 4.90 Å². The van der Waals surface area contributed by atoms with Gasteiger partial charge in [0.25, 0.3) is 5.92 Å². The topological polar surface area (TPSA) is 38.8 Å². The van der Waals surface area contributed by atoms with E-state index in [1.807, 2.05) is 34.6 Å². The molecule has 0 radical (unpaired) electrons. The van der Waals surface area contributed by atoms with E-state index >= 15 is 0 Å².